The van der Waals surface area contributed by atoms with Crippen molar-refractivity contribution < 1.29 is 13.5 Å². The van der Waals surface area contributed by atoms with Crippen LogP contribution in [0, 0.1) is 17.0 Å². The van der Waals surface area contributed by atoms with Crippen molar-refractivity contribution in [2.75, 3.05) is 13.7 Å². The van der Waals surface area contributed by atoms with Crippen molar-refractivity contribution in [3.8, 4) is 11.3 Å². The van der Waals surface area contributed by atoms with Gasteiger partial charge in [-0.2, -0.15) is 10.1 Å². The Morgan fingerprint density at radius 1 is 1.17 bits per heavy atom. The summed E-state index contributed by atoms with van der Waals surface area (Å²) in [6, 6.07) is 5.64. The van der Waals surface area contributed by atoms with Gasteiger partial charge in [0.15, 0.2) is 0 Å². The Balaban J connectivity index is 1.69. The van der Waals surface area contributed by atoms with Crippen LogP contribution in [0.25, 0.3) is 11.3 Å². The minimum Gasteiger partial charge on any atom is -0.481 e. The van der Waals surface area contributed by atoms with Crippen LogP contribution < -0.4 is 5.32 Å². The summed E-state index contributed by atoms with van der Waals surface area (Å²) in [6.07, 6.45) is 3.74. The zero-order chi connectivity index (χ0) is 20.4. The monoisotopic (exact) mass is 396 g/mol. The number of halogens is 2. The summed E-state index contributed by atoms with van der Waals surface area (Å²) in [5.41, 5.74) is 1.36. The van der Waals surface area contributed by atoms with E-state index in [0.717, 1.165) is 29.9 Å². The molecule has 1 aliphatic heterocycles. The molecule has 0 unspecified atom stereocenters. The van der Waals surface area contributed by atoms with E-state index in [1.54, 1.807) is 7.11 Å². The zero-order valence-corrected chi connectivity index (χ0v) is 16.6. The molecule has 2 bridgehead atoms. The molecule has 5 rings (SSSR count). The second kappa shape index (κ2) is 6.08. The molecule has 150 valence electrons. The van der Waals surface area contributed by atoms with E-state index in [4.69, 9.17) is 9.73 Å². The molecular formula is C22H22F2N4O. The molecule has 3 aliphatic rings. The Morgan fingerprint density at radius 3 is 2.66 bits per heavy atom. The molecule has 5 nitrogen and oxygen atoms in total. The molecule has 0 radical (unpaired) electrons. The van der Waals surface area contributed by atoms with Crippen molar-refractivity contribution in [2.24, 2.45) is 10.4 Å². The third-order valence-corrected chi connectivity index (χ3v) is 6.98. The number of fused-ring (bicyclic) bond motifs is 5. The molecule has 1 aromatic heterocycles. The summed E-state index contributed by atoms with van der Waals surface area (Å²) in [6.45, 7) is 5.06. The van der Waals surface area contributed by atoms with Crippen LogP contribution >= 0.6 is 0 Å². The second-order valence-electron chi connectivity index (χ2n) is 8.44. The number of ether oxygens (including phenoxy) is 1. The summed E-state index contributed by atoms with van der Waals surface area (Å²) < 4.78 is 34.0. The van der Waals surface area contributed by atoms with Gasteiger partial charge in [-0.05, 0) is 54.0 Å². The van der Waals surface area contributed by atoms with Gasteiger partial charge in [0, 0.05) is 6.54 Å². The Hall–Kier alpha value is -2.83. The van der Waals surface area contributed by atoms with Crippen LogP contribution in [0.3, 0.4) is 0 Å². The molecule has 0 spiro atoms. The van der Waals surface area contributed by atoms with E-state index >= 15 is 0 Å². The lowest BCUT2D eigenvalue weighted by molar-refractivity contribution is 0.260. The third-order valence-electron chi connectivity index (χ3n) is 6.98. The summed E-state index contributed by atoms with van der Waals surface area (Å²) in [7, 11) is 1.61. The first-order valence-corrected chi connectivity index (χ1v) is 9.80. The van der Waals surface area contributed by atoms with Crippen molar-refractivity contribution in [2.45, 2.75) is 38.0 Å². The number of aliphatic imine (C=N–C) groups is 1. The lowest BCUT2D eigenvalue weighted by Crippen LogP contribution is -2.51. The van der Waals surface area contributed by atoms with Gasteiger partial charge >= 0.3 is 0 Å². The van der Waals surface area contributed by atoms with Gasteiger partial charge in [0.2, 0.25) is 5.88 Å². The number of hydrogen-bond donors (Lipinski definition) is 1. The van der Waals surface area contributed by atoms with E-state index in [1.807, 2.05) is 12.1 Å². The first kappa shape index (κ1) is 18.2. The summed E-state index contributed by atoms with van der Waals surface area (Å²) in [5.74, 6) is 0.359. The Kier molecular flexibility index (Phi) is 3.82. The van der Waals surface area contributed by atoms with Crippen LogP contribution in [0.5, 0.6) is 0 Å². The van der Waals surface area contributed by atoms with Gasteiger partial charge in [-0.25, -0.2) is 8.78 Å². The van der Waals surface area contributed by atoms with Gasteiger partial charge in [0.25, 0.3) is 0 Å². The Labute approximate surface area is 167 Å². The molecule has 1 N–H and O–H groups in total. The smallest absolute Gasteiger partial charge is 0.212 e. The second-order valence-corrected chi connectivity index (χ2v) is 8.44. The number of methoxy groups -OCH3 is 1. The topological polar surface area (TPSA) is 59.4 Å². The predicted octanol–water partition coefficient (Wildman–Crippen LogP) is 4.07. The first-order valence-electron chi connectivity index (χ1n) is 9.80. The van der Waals surface area contributed by atoms with Gasteiger partial charge in [-0.15, -0.1) is 5.10 Å². The highest BCUT2D eigenvalue weighted by Gasteiger charge is 2.66. The minimum atomic E-state index is -0.635. The van der Waals surface area contributed by atoms with Gasteiger partial charge in [-0.1, -0.05) is 19.9 Å². The summed E-state index contributed by atoms with van der Waals surface area (Å²) in [5, 5.41) is 12.2. The van der Waals surface area contributed by atoms with Crippen LogP contribution in [0.2, 0.25) is 0 Å². The van der Waals surface area contributed by atoms with Crippen LogP contribution in [-0.4, -0.2) is 29.7 Å². The van der Waals surface area contributed by atoms with Crippen molar-refractivity contribution in [3.63, 3.8) is 0 Å². The molecule has 2 aliphatic carbocycles. The number of nitrogens with one attached hydrogen (secondary N) is 1. The fourth-order valence-corrected chi connectivity index (χ4v) is 5.52. The van der Waals surface area contributed by atoms with E-state index in [9.17, 15) is 8.78 Å². The molecule has 29 heavy (non-hydrogen) atoms. The molecular weight excluding hydrogens is 374 g/mol. The maximum Gasteiger partial charge on any atom is 0.212 e. The van der Waals surface area contributed by atoms with Crippen molar-refractivity contribution >= 4 is 5.84 Å². The maximum absolute atomic E-state index is 14.3. The van der Waals surface area contributed by atoms with Gasteiger partial charge in [0.1, 0.15) is 17.5 Å². The average Bonchev–Trinajstić information content (AvgIpc) is 3.09. The molecule has 2 aromatic rings. The van der Waals surface area contributed by atoms with Crippen LogP contribution in [0.15, 0.2) is 41.2 Å². The quantitative estimate of drug-likeness (QED) is 0.850. The maximum atomic E-state index is 14.3. The Bertz CT molecular complexity index is 1060. The van der Waals surface area contributed by atoms with Crippen LogP contribution in [0.1, 0.15) is 43.9 Å². The van der Waals surface area contributed by atoms with Crippen molar-refractivity contribution in [1.82, 2.24) is 15.5 Å². The fraction of sp³-hybridized carbons (Fsp3) is 0.409. The highest BCUT2D eigenvalue weighted by atomic mass is 19.1. The molecule has 0 saturated heterocycles. The molecule has 0 amide bonds. The number of aromatic nitrogens is 2. The van der Waals surface area contributed by atoms with Gasteiger partial charge in [0.05, 0.1) is 29.5 Å². The molecule has 1 saturated carbocycles. The average molecular weight is 396 g/mol. The van der Waals surface area contributed by atoms with E-state index in [-0.39, 0.29) is 22.6 Å². The highest BCUT2D eigenvalue weighted by Crippen LogP contribution is 2.67. The van der Waals surface area contributed by atoms with E-state index in [1.165, 1.54) is 18.2 Å². The zero-order valence-electron chi connectivity index (χ0n) is 16.6. The number of benzene rings is 1. The van der Waals surface area contributed by atoms with Crippen molar-refractivity contribution in [1.29, 1.82) is 0 Å². The number of amidine groups is 1. The number of hydrogen-bond acceptors (Lipinski definition) is 5. The van der Waals surface area contributed by atoms with Gasteiger partial charge in [-0.3, -0.25) is 0 Å². The van der Waals surface area contributed by atoms with Gasteiger partial charge < -0.3 is 10.1 Å². The molecule has 1 fully saturated rings. The van der Waals surface area contributed by atoms with E-state index in [0.29, 0.717) is 12.4 Å². The normalized spacial score (nSPS) is 26.4. The molecule has 1 aromatic carbocycles. The first-order chi connectivity index (χ1) is 13.9. The van der Waals surface area contributed by atoms with Crippen LogP contribution in [-0.2, 0) is 10.2 Å². The largest absolute Gasteiger partial charge is 0.481 e. The SMILES string of the molecule is COC1=CCNC([C@@]23CC[C@@H](c4cc(-c5c(F)cccc5F)nnc42)C3(C)C)=N1. The summed E-state index contributed by atoms with van der Waals surface area (Å²) >= 11 is 0. The lowest BCUT2D eigenvalue weighted by Gasteiger charge is -2.39. The minimum absolute atomic E-state index is 0.129. The molecule has 7 heteroatoms. The molecule has 2 atom stereocenters. The Morgan fingerprint density at radius 2 is 1.93 bits per heavy atom. The third kappa shape index (κ3) is 2.27. The lowest BCUT2D eigenvalue weighted by atomic mass is 9.67. The summed E-state index contributed by atoms with van der Waals surface area (Å²) in [4.78, 5) is 4.71. The van der Waals surface area contributed by atoms with E-state index in [2.05, 4.69) is 29.4 Å². The number of nitrogens with zero attached hydrogens (tertiary/aromatic N) is 3. The predicted molar refractivity (Wildman–Crippen MR) is 105 cm³/mol. The standard InChI is InChI=1S/C22H22F2N4O/c1-21(2)13-7-9-22(21,20-25-10-8-17(26-20)29-3)19-12(13)11-16(27-28-19)18-14(23)5-4-6-15(18)24/h4-6,8,11,13H,7,9-10H2,1-3H3,(H,25,26)/t13-,22+/m0/s1. The van der Waals surface area contributed by atoms with E-state index < -0.39 is 17.0 Å². The van der Waals surface area contributed by atoms with Crippen LogP contribution in [0.4, 0.5) is 8.78 Å². The number of rotatable bonds is 3. The highest BCUT2D eigenvalue weighted by molar-refractivity contribution is 5.97. The van der Waals surface area contributed by atoms with Crippen molar-refractivity contribution in [3.05, 3.63) is 59.1 Å². The molecule has 2 heterocycles. The fourth-order valence-electron chi connectivity index (χ4n) is 5.52.